The van der Waals surface area contributed by atoms with E-state index in [9.17, 15) is 19.2 Å². The molecule has 32 heavy (non-hydrogen) atoms. The monoisotopic (exact) mass is 451 g/mol. The van der Waals surface area contributed by atoms with Gasteiger partial charge in [0.25, 0.3) is 17.7 Å². The Bertz CT molecular complexity index is 1130. The van der Waals surface area contributed by atoms with E-state index in [4.69, 9.17) is 4.74 Å². The van der Waals surface area contributed by atoms with E-state index in [-0.39, 0.29) is 17.4 Å². The minimum Gasteiger partial charge on any atom is -0.452 e. The summed E-state index contributed by atoms with van der Waals surface area (Å²) >= 11 is 1.30. The normalized spacial score (nSPS) is 10.2. The van der Waals surface area contributed by atoms with Gasteiger partial charge in [-0.3, -0.25) is 14.4 Å². The van der Waals surface area contributed by atoms with Gasteiger partial charge in [0.2, 0.25) is 0 Å². The van der Waals surface area contributed by atoms with Gasteiger partial charge in [-0.05, 0) is 47.8 Å². The Hall–Kier alpha value is -3.98. The molecule has 0 radical (unpaired) electrons. The molecule has 3 aromatic rings. The Morgan fingerprint density at radius 3 is 2.34 bits per heavy atom. The fraction of sp³-hybridized carbons (Fsp3) is 0.130. The number of carbonyl (C=O) groups excluding carboxylic acids is 4. The van der Waals surface area contributed by atoms with Crippen LogP contribution in [0.15, 0.2) is 66.0 Å². The van der Waals surface area contributed by atoms with Crippen molar-refractivity contribution in [3.8, 4) is 0 Å². The highest BCUT2D eigenvalue weighted by atomic mass is 32.1. The number of carbonyl (C=O) groups is 4. The van der Waals surface area contributed by atoms with Crippen molar-refractivity contribution in [2.45, 2.75) is 0 Å². The van der Waals surface area contributed by atoms with Crippen molar-refractivity contribution >= 4 is 46.4 Å². The molecule has 164 valence electrons. The van der Waals surface area contributed by atoms with Crippen molar-refractivity contribution in [3.63, 3.8) is 0 Å². The number of para-hydroxylation sites is 1. The number of anilines is 2. The molecular weight excluding hydrogens is 430 g/mol. The Balaban J connectivity index is 1.62. The van der Waals surface area contributed by atoms with Gasteiger partial charge >= 0.3 is 5.97 Å². The maximum atomic E-state index is 12.6. The molecule has 0 aliphatic carbocycles. The number of rotatable bonds is 7. The second kappa shape index (κ2) is 10.4. The molecule has 2 N–H and O–H groups in total. The smallest absolute Gasteiger partial charge is 0.340 e. The van der Waals surface area contributed by atoms with Gasteiger partial charge in [0, 0.05) is 25.3 Å². The predicted molar refractivity (Wildman–Crippen MR) is 122 cm³/mol. The van der Waals surface area contributed by atoms with Gasteiger partial charge in [-0.1, -0.05) is 18.2 Å². The van der Waals surface area contributed by atoms with Crippen LogP contribution >= 0.6 is 11.3 Å². The number of benzene rings is 2. The first kappa shape index (κ1) is 22.7. The molecule has 0 unspecified atom stereocenters. The van der Waals surface area contributed by atoms with Crippen LogP contribution < -0.4 is 15.5 Å². The van der Waals surface area contributed by atoms with Crippen molar-refractivity contribution < 1.29 is 23.9 Å². The molecular formula is C23H21N3O5S. The molecule has 3 amide bonds. The van der Waals surface area contributed by atoms with E-state index < -0.39 is 18.5 Å². The number of esters is 1. The number of ether oxygens (including phenoxy) is 1. The number of nitrogens with zero attached hydrogens (tertiary/aromatic N) is 1. The third-order valence-corrected chi connectivity index (χ3v) is 5.37. The zero-order chi connectivity index (χ0) is 23.1. The van der Waals surface area contributed by atoms with E-state index in [0.717, 1.165) is 0 Å². The van der Waals surface area contributed by atoms with E-state index in [1.54, 1.807) is 67.0 Å². The fourth-order valence-electron chi connectivity index (χ4n) is 2.87. The van der Waals surface area contributed by atoms with E-state index in [1.807, 2.05) is 0 Å². The first-order chi connectivity index (χ1) is 15.4. The van der Waals surface area contributed by atoms with Crippen LogP contribution in [-0.2, 0) is 9.53 Å². The first-order valence-electron chi connectivity index (χ1n) is 9.60. The molecule has 0 atom stereocenters. The second-order valence-electron chi connectivity index (χ2n) is 6.64. The summed E-state index contributed by atoms with van der Waals surface area (Å²) < 4.78 is 5.15. The van der Waals surface area contributed by atoms with Gasteiger partial charge in [0.15, 0.2) is 6.61 Å². The van der Waals surface area contributed by atoms with Crippen LogP contribution in [-0.4, -0.2) is 44.4 Å². The molecule has 9 heteroatoms. The minimum atomic E-state index is -0.725. The summed E-state index contributed by atoms with van der Waals surface area (Å²) in [5, 5.41) is 6.90. The van der Waals surface area contributed by atoms with Crippen LogP contribution in [0.4, 0.5) is 11.4 Å². The number of hydrogen-bond donors (Lipinski definition) is 2. The zero-order valence-electron chi connectivity index (χ0n) is 17.5. The van der Waals surface area contributed by atoms with Crippen LogP contribution in [0.3, 0.4) is 0 Å². The maximum absolute atomic E-state index is 12.6. The van der Waals surface area contributed by atoms with Gasteiger partial charge in [-0.2, -0.15) is 0 Å². The summed E-state index contributed by atoms with van der Waals surface area (Å²) in [5.41, 5.74) is 1.46. The number of hydrogen-bond acceptors (Lipinski definition) is 6. The van der Waals surface area contributed by atoms with Crippen LogP contribution in [0, 0.1) is 0 Å². The molecule has 1 heterocycles. The van der Waals surface area contributed by atoms with Gasteiger partial charge in [0.05, 0.1) is 16.1 Å². The van der Waals surface area contributed by atoms with Crippen molar-refractivity contribution in [2.24, 2.45) is 0 Å². The van der Waals surface area contributed by atoms with Crippen LogP contribution in [0.25, 0.3) is 0 Å². The Labute approximate surface area is 188 Å². The molecule has 2 aromatic carbocycles. The molecule has 0 saturated carbocycles. The molecule has 0 fully saturated rings. The number of thiophene rings is 1. The fourth-order valence-corrected chi connectivity index (χ4v) is 3.57. The van der Waals surface area contributed by atoms with E-state index in [2.05, 4.69) is 10.6 Å². The predicted octanol–water partition coefficient (Wildman–Crippen LogP) is 3.18. The third kappa shape index (κ3) is 5.38. The van der Waals surface area contributed by atoms with Crippen molar-refractivity contribution in [2.75, 3.05) is 30.9 Å². The summed E-state index contributed by atoms with van der Waals surface area (Å²) in [6.07, 6.45) is 0. The summed E-state index contributed by atoms with van der Waals surface area (Å²) in [4.78, 5) is 50.9. The zero-order valence-corrected chi connectivity index (χ0v) is 18.3. The van der Waals surface area contributed by atoms with Gasteiger partial charge < -0.3 is 20.3 Å². The quantitative estimate of drug-likeness (QED) is 0.537. The SMILES string of the molecule is CNC(=O)c1ccc(NC(=O)COC(=O)c2ccccc2N(C)C(=O)c2cccs2)cc1. The molecule has 8 nitrogen and oxygen atoms in total. The molecule has 0 spiro atoms. The van der Waals surface area contributed by atoms with Crippen LogP contribution in [0.5, 0.6) is 0 Å². The average molecular weight is 452 g/mol. The lowest BCUT2D eigenvalue weighted by atomic mass is 10.1. The number of amides is 3. The van der Waals surface area contributed by atoms with E-state index in [1.165, 1.54) is 29.4 Å². The van der Waals surface area contributed by atoms with Crippen molar-refractivity contribution in [1.82, 2.24) is 5.32 Å². The maximum Gasteiger partial charge on any atom is 0.340 e. The standard InChI is InChI=1S/C23H21N3O5S/c1-24-21(28)15-9-11-16(12-10-15)25-20(27)14-31-23(30)17-6-3-4-7-18(17)26(2)22(29)19-8-5-13-32-19/h3-13H,14H2,1-2H3,(H,24,28)(H,25,27). The Kier molecular flexibility index (Phi) is 7.35. The lowest BCUT2D eigenvalue weighted by molar-refractivity contribution is -0.119. The van der Waals surface area contributed by atoms with Gasteiger partial charge in [0.1, 0.15) is 0 Å². The van der Waals surface area contributed by atoms with E-state index in [0.29, 0.717) is 21.8 Å². The van der Waals surface area contributed by atoms with Crippen molar-refractivity contribution in [1.29, 1.82) is 0 Å². The lowest BCUT2D eigenvalue weighted by Crippen LogP contribution is -2.28. The van der Waals surface area contributed by atoms with Crippen LogP contribution in [0.1, 0.15) is 30.4 Å². The molecule has 1 aromatic heterocycles. The summed E-state index contributed by atoms with van der Waals surface area (Å²) in [6.45, 7) is -0.507. The first-order valence-corrected chi connectivity index (χ1v) is 10.5. The molecule has 0 aliphatic rings. The largest absolute Gasteiger partial charge is 0.452 e. The molecule has 0 saturated heterocycles. The minimum absolute atomic E-state index is 0.169. The summed E-state index contributed by atoms with van der Waals surface area (Å²) in [6, 6.07) is 16.3. The summed E-state index contributed by atoms with van der Waals surface area (Å²) in [7, 11) is 3.10. The molecule has 0 bridgehead atoms. The average Bonchev–Trinajstić information content (AvgIpc) is 3.36. The van der Waals surface area contributed by atoms with Crippen LogP contribution in [0.2, 0.25) is 0 Å². The van der Waals surface area contributed by atoms with Crippen molar-refractivity contribution in [3.05, 3.63) is 82.0 Å². The van der Waals surface area contributed by atoms with Gasteiger partial charge in [-0.15, -0.1) is 11.3 Å². The Morgan fingerprint density at radius 2 is 1.69 bits per heavy atom. The molecule has 0 aliphatic heterocycles. The summed E-state index contributed by atoms with van der Waals surface area (Å²) in [5.74, 6) is -1.75. The molecule has 3 rings (SSSR count). The highest BCUT2D eigenvalue weighted by Gasteiger charge is 2.21. The second-order valence-corrected chi connectivity index (χ2v) is 7.59. The van der Waals surface area contributed by atoms with E-state index >= 15 is 0 Å². The topological polar surface area (TPSA) is 105 Å². The van der Waals surface area contributed by atoms with Gasteiger partial charge in [-0.25, -0.2) is 4.79 Å². The lowest BCUT2D eigenvalue weighted by Gasteiger charge is -2.19. The third-order valence-electron chi connectivity index (χ3n) is 4.51. The number of nitrogens with one attached hydrogen (secondary N) is 2. The highest BCUT2D eigenvalue weighted by Crippen LogP contribution is 2.23. The Morgan fingerprint density at radius 1 is 0.969 bits per heavy atom. The highest BCUT2D eigenvalue weighted by molar-refractivity contribution is 7.12.